The lowest BCUT2D eigenvalue weighted by Gasteiger charge is -2.15. The highest BCUT2D eigenvalue weighted by Crippen LogP contribution is 2.20. The van der Waals surface area contributed by atoms with Crippen LogP contribution < -0.4 is 11.1 Å². The molecule has 0 fully saturated rings. The normalized spacial score (nSPS) is 16.8. The van der Waals surface area contributed by atoms with Gasteiger partial charge in [0.1, 0.15) is 5.76 Å². The Labute approximate surface area is 154 Å². The number of nitrogens with one attached hydrogen (secondary N) is 2. The number of ether oxygens (including phenoxy) is 1. The van der Waals surface area contributed by atoms with Gasteiger partial charge in [0, 0.05) is 18.7 Å². The summed E-state index contributed by atoms with van der Waals surface area (Å²) >= 11 is 0. The molecule has 0 aliphatic heterocycles. The van der Waals surface area contributed by atoms with Crippen molar-refractivity contribution >= 4 is 29.5 Å². The second kappa shape index (κ2) is 9.98. The quantitative estimate of drug-likeness (QED) is 0.558. The minimum Gasteiger partial charge on any atom is -0.492 e. The first-order chi connectivity index (χ1) is 11.5. The Bertz CT molecular complexity index is 681. The molecular formula is C18H25ClN4O2. The van der Waals surface area contributed by atoms with Gasteiger partial charge in [-0.1, -0.05) is 12.1 Å². The van der Waals surface area contributed by atoms with Crippen LogP contribution in [0.15, 0.2) is 52.9 Å². The van der Waals surface area contributed by atoms with Gasteiger partial charge < -0.3 is 20.9 Å². The van der Waals surface area contributed by atoms with Crippen LogP contribution in [0.4, 0.5) is 5.69 Å². The van der Waals surface area contributed by atoms with Gasteiger partial charge in [-0.3, -0.25) is 5.41 Å². The predicted molar refractivity (Wildman–Crippen MR) is 104 cm³/mol. The molecule has 1 aliphatic carbocycles. The van der Waals surface area contributed by atoms with Crippen molar-refractivity contribution in [3.8, 4) is 0 Å². The highest BCUT2D eigenvalue weighted by molar-refractivity contribution is 6.22. The zero-order chi connectivity index (χ0) is 17.5. The van der Waals surface area contributed by atoms with Crippen LogP contribution in [0.2, 0.25) is 0 Å². The van der Waals surface area contributed by atoms with Crippen LogP contribution in [0.5, 0.6) is 0 Å². The van der Waals surface area contributed by atoms with Gasteiger partial charge in [-0.05, 0) is 37.6 Å². The average molecular weight is 365 g/mol. The summed E-state index contributed by atoms with van der Waals surface area (Å²) < 4.78 is 5.43. The molecule has 0 amide bonds. The number of nitrogens with zero attached hydrogens (tertiary/aromatic N) is 1. The number of nitrogens with two attached hydrogens (primary N) is 1. The third kappa shape index (κ3) is 5.70. The van der Waals surface area contributed by atoms with Crippen molar-refractivity contribution in [1.29, 1.82) is 5.41 Å². The Hall–Kier alpha value is -2.15. The minimum absolute atomic E-state index is 0. The Balaban J connectivity index is 0.00000312. The first kappa shape index (κ1) is 20.9. The minimum atomic E-state index is 0. The van der Waals surface area contributed by atoms with Gasteiger partial charge in [-0.15, -0.1) is 12.4 Å². The Kier molecular flexibility index (Phi) is 8.34. The molecule has 0 saturated carbocycles. The van der Waals surface area contributed by atoms with Crippen molar-refractivity contribution in [2.24, 2.45) is 10.7 Å². The molecule has 0 bridgehead atoms. The number of rotatable bonds is 7. The molecule has 136 valence electrons. The van der Waals surface area contributed by atoms with E-state index < -0.39 is 0 Å². The monoisotopic (exact) mass is 364 g/mol. The van der Waals surface area contributed by atoms with E-state index in [1.807, 2.05) is 38.1 Å². The second-order valence-corrected chi connectivity index (χ2v) is 5.44. The lowest BCUT2D eigenvalue weighted by Crippen LogP contribution is -2.21. The van der Waals surface area contributed by atoms with E-state index in [9.17, 15) is 0 Å². The smallest absolute Gasteiger partial charge is 0.146 e. The average Bonchev–Trinajstić information content (AvgIpc) is 2.57. The fraction of sp³-hybridized carbons (Fsp3) is 0.333. The Morgan fingerprint density at radius 3 is 2.56 bits per heavy atom. The molecule has 1 aliphatic rings. The summed E-state index contributed by atoms with van der Waals surface area (Å²) in [6, 6.07) is 7.98. The first-order valence-corrected chi connectivity index (χ1v) is 7.99. The number of hydrogen-bond donors (Lipinski definition) is 4. The number of allylic oxidation sites excluding steroid dienone is 2. The molecule has 1 atom stereocenters. The zero-order valence-electron chi connectivity index (χ0n) is 14.5. The lowest BCUT2D eigenvalue weighted by atomic mass is 10.1. The van der Waals surface area contributed by atoms with E-state index in [0.717, 1.165) is 11.3 Å². The number of benzene rings is 1. The summed E-state index contributed by atoms with van der Waals surface area (Å²) in [7, 11) is 0. The summed E-state index contributed by atoms with van der Waals surface area (Å²) in [6.45, 7) is 5.08. The number of hydrogen-bond acceptors (Lipinski definition) is 6. The van der Waals surface area contributed by atoms with Gasteiger partial charge in [-0.25, -0.2) is 4.99 Å². The molecule has 0 radical (unpaired) electrons. The van der Waals surface area contributed by atoms with Crippen molar-refractivity contribution in [3.63, 3.8) is 0 Å². The topological polar surface area (TPSA) is 104 Å². The predicted octanol–water partition coefficient (Wildman–Crippen LogP) is 2.62. The number of halogens is 1. The van der Waals surface area contributed by atoms with Crippen LogP contribution in [0.1, 0.15) is 25.5 Å². The van der Waals surface area contributed by atoms with Crippen LogP contribution in [-0.4, -0.2) is 36.3 Å². The third-order valence-corrected chi connectivity index (χ3v) is 3.63. The molecule has 1 aromatic rings. The van der Waals surface area contributed by atoms with Crippen molar-refractivity contribution in [2.75, 3.05) is 19.8 Å². The van der Waals surface area contributed by atoms with Crippen LogP contribution in [0, 0.1) is 5.41 Å². The molecule has 2 rings (SSSR count). The molecule has 7 heteroatoms. The lowest BCUT2D eigenvalue weighted by molar-refractivity contribution is 0.250. The fourth-order valence-electron chi connectivity index (χ4n) is 2.33. The number of aliphatic hydroxyl groups excluding tert-OH is 1. The SMILES string of the molecule is CCOC1=CC(=Nc2ccc(C(C)NCCO)cc2)C(N)=CC1=N.Cl. The van der Waals surface area contributed by atoms with Crippen LogP contribution >= 0.6 is 12.4 Å². The fourth-order valence-corrected chi connectivity index (χ4v) is 2.33. The van der Waals surface area contributed by atoms with Gasteiger partial charge in [0.15, 0.2) is 0 Å². The summed E-state index contributed by atoms with van der Waals surface area (Å²) in [5.41, 5.74) is 9.16. The van der Waals surface area contributed by atoms with E-state index in [1.165, 1.54) is 0 Å². The van der Waals surface area contributed by atoms with E-state index in [0.29, 0.717) is 30.3 Å². The maximum Gasteiger partial charge on any atom is 0.146 e. The standard InChI is InChI=1S/C18H24N4O2.ClH/c1-3-24-18-11-17(15(19)10-16(18)20)22-14-6-4-13(5-7-14)12(2)21-8-9-23;/h4-7,10-12,20-21,23H,3,8-9,19H2,1-2H3;1H. The highest BCUT2D eigenvalue weighted by Gasteiger charge is 2.15. The molecule has 5 N–H and O–H groups in total. The molecule has 0 heterocycles. The molecule has 0 aromatic heterocycles. The van der Waals surface area contributed by atoms with Crippen molar-refractivity contribution in [3.05, 3.63) is 53.4 Å². The Morgan fingerprint density at radius 1 is 1.28 bits per heavy atom. The van der Waals surface area contributed by atoms with Crippen LogP contribution in [0.25, 0.3) is 0 Å². The van der Waals surface area contributed by atoms with Gasteiger partial charge in [0.05, 0.1) is 36.0 Å². The van der Waals surface area contributed by atoms with E-state index in [2.05, 4.69) is 10.3 Å². The van der Waals surface area contributed by atoms with Gasteiger partial charge in [0.2, 0.25) is 0 Å². The van der Waals surface area contributed by atoms with Crippen molar-refractivity contribution in [1.82, 2.24) is 5.32 Å². The van der Waals surface area contributed by atoms with E-state index in [4.69, 9.17) is 21.0 Å². The van der Waals surface area contributed by atoms with E-state index in [-0.39, 0.29) is 30.8 Å². The van der Waals surface area contributed by atoms with Crippen molar-refractivity contribution < 1.29 is 9.84 Å². The Morgan fingerprint density at radius 2 is 1.96 bits per heavy atom. The molecule has 6 nitrogen and oxygen atoms in total. The third-order valence-electron chi connectivity index (χ3n) is 3.63. The van der Waals surface area contributed by atoms with Gasteiger partial charge in [-0.2, -0.15) is 0 Å². The molecule has 0 saturated heterocycles. The maximum absolute atomic E-state index is 8.86. The highest BCUT2D eigenvalue weighted by atomic mass is 35.5. The molecule has 1 unspecified atom stereocenters. The molecular weight excluding hydrogens is 340 g/mol. The van der Waals surface area contributed by atoms with Gasteiger partial charge >= 0.3 is 0 Å². The summed E-state index contributed by atoms with van der Waals surface area (Å²) in [6.07, 6.45) is 3.25. The van der Waals surface area contributed by atoms with E-state index >= 15 is 0 Å². The number of aliphatic hydroxyl groups is 1. The molecule has 0 spiro atoms. The van der Waals surface area contributed by atoms with Crippen LogP contribution in [-0.2, 0) is 4.74 Å². The van der Waals surface area contributed by atoms with Crippen molar-refractivity contribution in [2.45, 2.75) is 19.9 Å². The zero-order valence-corrected chi connectivity index (χ0v) is 15.3. The summed E-state index contributed by atoms with van der Waals surface area (Å²) in [5.74, 6) is 0.476. The molecule has 1 aromatic carbocycles. The first-order valence-electron chi connectivity index (χ1n) is 7.99. The molecule has 25 heavy (non-hydrogen) atoms. The summed E-state index contributed by atoms with van der Waals surface area (Å²) in [5, 5.41) is 19.9. The summed E-state index contributed by atoms with van der Waals surface area (Å²) in [4.78, 5) is 4.54. The number of aliphatic imine (C=N–C) groups is 1. The second-order valence-electron chi connectivity index (χ2n) is 5.44. The van der Waals surface area contributed by atoms with E-state index in [1.54, 1.807) is 12.2 Å². The maximum atomic E-state index is 8.86. The van der Waals surface area contributed by atoms with Crippen LogP contribution in [0.3, 0.4) is 0 Å². The largest absolute Gasteiger partial charge is 0.492 e. The van der Waals surface area contributed by atoms with Gasteiger partial charge in [0.25, 0.3) is 0 Å².